The second-order valence-corrected chi connectivity index (χ2v) is 5.91. The highest BCUT2D eigenvalue weighted by Gasteiger charge is 2.32. The topological polar surface area (TPSA) is 24.5 Å². The quantitative estimate of drug-likeness (QED) is 0.900. The van der Waals surface area contributed by atoms with Crippen molar-refractivity contribution in [2.24, 2.45) is 0 Å². The van der Waals surface area contributed by atoms with Crippen LogP contribution in [0.2, 0.25) is 0 Å². The van der Waals surface area contributed by atoms with Crippen molar-refractivity contribution in [1.29, 1.82) is 0 Å². The van der Waals surface area contributed by atoms with Gasteiger partial charge in [0.2, 0.25) is 0 Å². The zero-order valence-corrected chi connectivity index (χ0v) is 13.3. The number of morpholine rings is 1. The van der Waals surface area contributed by atoms with Gasteiger partial charge >= 0.3 is 0 Å². The van der Waals surface area contributed by atoms with Crippen LogP contribution in [0.5, 0.6) is 0 Å². The van der Waals surface area contributed by atoms with Gasteiger partial charge in [-0.25, -0.2) is 0 Å². The molecule has 0 aromatic heterocycles. The van der Waals surface area contributed by atoms with E-state index < -0.39 is 0 Å². The molecule has 106 valence electrons. The average Bonchev–Trinajstić information content (AvgIpc) is 2.41. The minimum atomic E-state index is 0.228. The lowest BCUT2D eigenvalue weighted by atomic mass is 9.97. The highest BCUT2D eigenvalue weighted by Crippen LogP contribution is 2.30. The molecule has 0 aliphatic carbocycles. The fourth-order valence-electron chi connectivity index (χ4n) is 2.78. The van der Waals surface area contributed by atoms with Crippen LogP contribution in [-0.4, -0.2) is 44.3 Å². The van der Waals surface area contributed by atoms with E-state index in [4.69, 9.17) is 4.74 Å². The molecule has 1 aromatic rings. The second kappa shape index (κ2) is 7.39. The van der Waals surface area contributed by atoms with Crippen LogP contribution in [0.1, 0.15) is 24.9 Å². The molecule has 19 heavy (non-hydrogen) atoms. The lowest BCUT2D eigenvalue weighted by Gasteiger charge is -2.41. The Labute approximate surface area is 124 Å². The van der Waals surface area contributed by atoms with Crippen molar-refractivity contribution in [2.75, 3.05) is 33.3 Å². The lowest BCUT2D eigenvalue weighted by molar-refractivity contribution is -0.0704. The van der Waals surface area contributed by atoms with E-state index in [1.165, 1.54) is 12.0 Å². The fraction of sp³-hybridized carbons (Fsp3) is 0.600. The average molecular weight is 327 g/mol. The summed E-state index contributed by atoms with van der Waals surface area (Å²) in [7, 11) is 1.99. The Balaban J connectivity index is 2.23. The lowest BCUT2D eigenvalue weighted by Crippen LogP contribution is -2.48. The van der Waals surface area contributed by atoms with Gasteiger partial charge in [0.1, 0.15) is 0 Å². The summed E-state index contributed by atoms with van der Waals surface area (Å²) in [6.07, 6.45) is 1.41. The van der Waals surface area contributed by atoms with Crippen LogP contribution < -0.4 is 5.32 Å². The zero-order valence-electron chi connectivity index (χ0n) is 11.7. The summed E-state index contributed by atoms with van der Waals surface area (Å²) in [5.74, 6) is 0. The third-order valence-corrected chi connectivity index (χ3v) is 4.11. The van der Waals surface area contributed by atoms with Gasteiger partial charge in [0, 0.05) is 17.6 Å². The summed E-state index contributed by atoms with van der Waals surface area (Å²) in [5.41, 5.74) is 1.34. The SMILES string of the molecule is CCCN1CCOC(CNC)C1c1ccc(Br)cc1. The monoisotopic (exact) mass is 326 g/mol. The summed E-state index contributed by atoms with van der Waals surface area (Å²) in [5, 5.41) is 3.25. The van der Waals surface area contributed by atoms with Crippen molar-refractivity contribution >= 4 is 15.9 Å². The molecule has 1 fully saturated rings. The number of rotatable bonds is 5. The minimum absolute atomic E-state index is 0.228. The summed E-state index contributed by atoms with van der Waals surface area (Å²) in [6.45, 7) is 6.11. The molecule has 0 bridgehead atoms. The van der Waals surface area contributed by atoms with Crippen LogP contribution in [0.15, 0.2) is 28.7 Å². The van der Waals surface area contributed by atoms with Crippen LogP contribution in [0.3, 0.4) is 0 Å². The van der Waals surface area contributed by atoms with E-state index in [1.807, 2.05) is 7.05 Å². The van der Waals surface area contributed by atoms with Crippen molar-refractivity contribution < 1.29 is 4.74 Å². The van der Waals surface area contributed by atoms with E-state index >= 15 is 0 Å². The fourth-order valence-corrected chi connectivity index (χ4v) is 3.05. The highest BCUT2D eigenvalue weighted by atomic mass is 79.9. The normalized spacial score (nSPS) is 24.6. The zero-order chi connectivity index (χ0) is 13.7. The standard InChI is InChI=1S/C15H23BrN2O/c1-3-8-18-9-10-19-14(11-17-2)15(18)12-4-6-13(16)7-5-12/h4-7,14-15,17H,3,8-11H2,1-2H3. The predicted molar refractivity (Wildman–Crippen MR) is 82.4 cm³/mol. The maximum atomic E-state index is 5.98. The summed E-state index contributed by atoms with van der Waals surface area (Å²) >= 11 is 3.50. The minimum Gasteiger partial charge on any atom is -0.374 e. The number of hydrogen-bond acceptors (Lipinski definition) is 3. The van der Waals surface area contributed by atoms with Gasteiger partial charge in [0.15, 0.2) is 0 Å². The third kappa shape index (κ3) is 3.78. The Morgan fingerprint density at radius 1 is 1.37 bits per heavy atom. The molecule has 0 spiro atoms. The third-order valence-electron chi connectivity index (χ3n) is 3.58. The number of benzene rings is 1. The maximum absolute atomic E-state index is 5.98. The largest absolute Gasteiger partial charge is 0.374 e. The number of hydrogen-bond donors (Lipinski definition) is 1. The molecule has 1 aliphatic rings. The van der Waals surface area contributed by atoms with E-state index in [0.717, 1.165) is 30.7 Å². The summed E-state index contributed by atoms with van der Waals surface area (Å²) in [4.78, 5) is 2.55. The van der Waals surface area contributed by atoms with Crippen LogP contribution >= 0.6 is 15.9 Å². The first-order chi connectivity index (χ1) is 9.26. The molecule has 1 saturated heterocycles. The Morgan fingerprint density at radius 3 is 2.74 bits per heavy atom. The molecule has 1 heterocycles. The van der Waals surface area contributed by atoms with Crippen molar-refractivity contribution in [3.63, 3.8) is 0 Å². The Bertz CT molecular complexity index is 364. The molecule has 1 aromatic carbocycles. The first kappa shape index (κ1) is 15.0. The van der Waals surface area contributed by atoms with E-state index in [9.17, 15) is 0 Å². The van der Waals surface area contributed by atoms with E-state index in [0.29, 0.717) is 6.04 Å². The van der Waals surface area contributed by atoms with Crippen molar-refractivity contribution in [2.45, 2.75) is 25.5 Å². The molecule has 1 aliphatic heterocycles. The molecule has 0 radical (unpaired) electrons. The van der Waals surface area contributed by atoms with Gasteiger partial charge in [-0.15, -0.1) is 0 Å². The number of nitrogens with zero attached hydrogens (tertiary/aromatic N) is 1. The Kier molecular flexibility index (Phi) is 5.82. The number of ether oxygens (including phenoxy) is 1. The number of nitrogens with one attached hydrogen (secondary N) is 1. The Morgan fingerprint density at radius 2 is 2.11 bits per heavy atom. The first-order valence-electron chi connectivity index (χ1n) is 7.02. The molecule has 2 rings (SSSR count). The summed E-state index contributed by atoms with van der Waals surface area (Å²) < 4.78 is 7.10. The molecule has 2 unspecified atom stereocenters. The smallest absolute Gasteiger partial charge is 0.0896 e. The van der Waals surface area contributed by atoms with Crippen molar-refractivity contribution in [1.82, 2.24) is 10.2 Å². The van der Waals surface area contributed by atoms with Crippen LogP contribution in [-0.2, 0) is 4.74 Å². The van der Waals surface area contributed by atoms with Gasteiger partial charge in [0.05, 0.1) is 18.8 Å². The molecular weight excluding hydrogens is 304 g/mol. The molecular formula is C15H23BrN2O. The van der Waals surface area contributed by atoms with Gasteiger partial charge in [-0.1, -0.05) is 35.0 Å². The second-order valence-electron chi connectivity index (χ2n) is 5.00. The molecule has 0 saturated carbocycles. The first-order valence-corrected chi connectivity index (χ1v) is 7.81. The number of halogens is 1. The molecule has 2 atom stereocenters. The van der Waals surface area contributed by atoms with Gasteiger partial charge in [-0.05, 0) is 37.7 Å². The van der Waals surface area contributed by atoms with Crippen LogP contribution in [0, 0.1) is 0 Å². The predicted octanol–water partition coefficient (Wildman–Crippen LogP) is 2.82. The van der Waals surface area contributed by atoms with Crippen molar-refractivity contribution in [3.05, 3.63) is 34.3 Å². The maximum Gasteiger partial charge on any atom is 0.0896 e. The van der Waals surface area contributed by atoms with Gasteiger partial charge < -0.3 is 10.1 Å². The molecule has 4 heteroatoms. The van der Waals surface area contributed by atoms with Gasteiger partial charge in [-0.2, -0.15) is 0 Å². The van der Waals surface area contributed by atoms with E-state index in [-0.39, 0.29) is 6.10 Å². The molecule has 0 amide bonds. The Hall–Kier alpha value is -0.420. The molecule has 1 N–H and O–H groups in total. The van der Waals surface area contributed by atoms with Crippen LogP contribution in [0.4, 0.5) is 0 Å². The number of likely N-dealkylation sites (N-methyl/N-ethyl adjacent to an activating group) is 1. The summed E-state index contributed by atoms with van der Waals surface area (Å²) in [6, 6.07) is 8.99. The molecule has 3 nitrogen and oxygen atoms in total. The van der Waals surface area contributed by atoms with Gasteiger partial charge in [-0.3, -0.25) is 4.90 Å². The van der Waals surface area contributed by atoms with Gasteiger partial charge in [0.25, 0.3) is 0 Å². The highest BCUT2D eigenvalue weighted by molar-refractivity contribution is 9.10. The van der Waals surface area contributed by atoms with Crippen molar-refractivity contribution in [3.8, 4) is 0 Å². The van der Waals surface area contributed by atoms with E-state index in [1.54, 1.807) is 0 Å². The van der Waals surface area contributed by atoms with Crippen LogP contribution in [0.25, 0.3) is 0 Å². The van der Waals surface area contributed by atoms with E-state index in [2.05, 4.69) is 57.3 Å².